The fourth-order valence-electron chi connectivity index (χ4n) is 3.78. The summed E-state index contributed by atoms with van der Waals surface area (Å²) in [4.78, 5) is 17.6. The van der Waals surface area contributed by atoms with Gasteiger partial charge in [0.2, 0.25) is 0 Å². The Hall–Kier alpha value is -3.55. The monoisotopic (exact) mass is 544 g/mol. The van der Waals surface area contributed by atoms with Crippen LogP contribution in [-0.2, 0) is 11.4 Å². The van der Waals surface area contributed by atoms with Crippen LogP contribution < -0.4 is 14.8 Å². The summed E-state index contributed by atoms with van der Waals surface area (Å²) in [6.07, 6.45) is 1.81. The maximum absolute atomic E-state index is 12.5. The van der Waals surface area contributed by atoms with Gasteiger partial charge in [-0.2, -0.15) is 0 Å². The second-order valence-corrected chi connectivity index (χ2v) is 9.66. The zero-order valence-electron chi connectivity index (χ0n) is 18.8. The minimum absolute atomic E-state index is 0.184. The average Bonchev–Trinajstić information content (AvgIpc) is 3.21. The third-order valence-electron chi connectivity index (χ3n) is 5.44. The summed E-state index contributed by atoms with van der Waals surface area (Å²) in [5.74, 6) is 1.00. The number of benzene rings is 4. The van der Waals surface area contributed by atoms with Crippen LogP contribution in [0.1, 0.15) is 11.1 Å². The SMILES string of the molecule is COc1cc(/C=C2\SC(=Nc3ccccc3)NC2=O)cc(Br)c1OCc1cccc2ccccc12. The summed E-state index contributed by atoms with van der Waals surface area (Å²) in [6.45, 7) is 0.397. The lowest BCUT2D eigenvalue weighted by Crippen LogP contribution is -2.19. The molecule has 0 saturated carbocycles. The third-order valence-corrected chi connectivity index (χ3v) is 6.94. The van der Waals surface area contributed by atoms with Crippen LogP contribution in [0.2, 0.25) is 0 Å². The van der Waals surface area contributed by atoms with Crippen LogP contribution in [0.3, 0.4) is 0 Å². The highest BCUT2D eigenvalue weighted by atomic mass is 79.9. The van der Waals surface area contributed by atoms with Gasteiger partial charge in [0.15, 0.2) is 16.7 Å². The highest BCUT2D eigenvalue weighted by Gasteiger charge is 2.24. The van der Waals surface area contributed by atoms with Crippen molar-refractivity contribution >= 4 is 61.3 Å². The molecule has 1 saturated heterocycles. The molecule has 7 heteroatoms. The zero-order chi connectivity index (χ0) is 24.2. The van der Waals surface area contributed by atoms with E-state index in [0.717, 1.165) is 26.7 Å². The molecule has 0 aliphatic carbocycles. The van der Waals surface area contributed by atoms with E-state index in [2.05, 4.69) is 50.5 Å². The van der Waals surface area contributed by atoms with Crippen molar-refractivity contribution < 1.29 is 14.3 Å². The van der Waals surface area contributed by atoms with Crippen molar-refractivity contribution in [1.82, 2.24) is 5.32 Å². The molecule has 1 N–H and O–H groups in total. The van der Waals surface area contributed by atoms with E-state index in [1.165, 1.54) is 17.1 Å². The van der Waals surface area contributed by atoms with Gasteiger partial charge in [-0.05, 0) is 79.9 Å². The number of rotatable bonds is 6. The van der Waals surface area contributed by atoms with Crippen molar-refractivity contribution in [2.24, 2.45) is 4.99 Å². The highest BCUT2D eigenvalue weighted by Crippen LogP contribution is 2.39. The molecule has 1 heterocycles. The Morgan fingerprint density at radius 1 is 1.00 bits per heavy atom. The van der Waals surface area contributed by atoms with Gasteiger partial charge in [0.05, 0.1) is 22.2 Å². The largest absolute Gasteiger partial charge is 0.493 e. The molecule has 1 aliphatic heterocycles. The summed E-state index contributed by atoms with van der Waals surface area (Å²) < 4.78 is 12.5. The number of hydrogen-bond donors (Lipinski definition) is 1. The first kappa shape index (κ1) is 23.2. The van der Waals surface area contributed by atoms with Gasteiger partial charge < -0.3 is 14.8 Å². The Bertz CT molecular complexity index is 1460. The first-order valence-corrected chi connectivity index (χ1v) is 12.5. The van der Waals surface area contributed by atoms with Gasteiger partial charge in [-0.25, -0.2) is 4.99 Å². The van der Waals surface area contributed by atoms with E-state index < -0.39 is 0 Å². The number of amidine groups is 1. The maximum atomic E-state index is 12.5. The van der Waals surface area contributed by atoms with Gasteiger partial charge in [-0.15, -0.1) is 0 Å². The van der Waals surface area contributed by atoms with Crippen molar-refractivity contribution in [2.45, 2.75) is 6.61 Å². The van der Waals surface area contributed by atoms with Gasteiger partial charge in [-0.1, -0.05) is 60.7 Å². The predicted molar refractivity (Wildman–Crippen MR) is 146 cm³/mol. The van der Waals surface area contributed by atoms with Crippen LogP contribution in [0.4, 0.5) is 5.69 Å². The summed E-state index contributed by atoms with van der Waals surface area (Å²) in [6, 6.07) is 27.7. The van der Waals surface area contributed by atoms with Crippen LogP contribution in [0.15, 0.2) is 99.3 Å². The molecule has 1 aliphatic rings. The fraction of sp³-hybridized carbons (Fsp3) is 0.0714. The number of hydrogen-bond acceptors (Lipinski definition) is 5. The molecule has 5 rings (SSSR count). The molecule has 0 unspecified atom stereocenters. The Morgan fingerprint density at radius 3 is 2.60 bits per heavy atom. The molecular weight excluding hydrogens is 524 g/mol. The number of amides is 1. The minimum atomic E-state index is -0.184. The molecule has 174 valence electrons. The number of methoxy groups -OCH3 is 1. The number of aliphatic imine (C=N–C) groups is 1. The lowest BCUT2D eigenvalue weighted by molar-refractivity contribution is -0.115. The topological polar surface area (TPSA) is 59.9 Å². The standard InChI is InChI=1S/C28H21BrN2O3S/c1-33-24-15-18(16-25-27(32)31-28(35-25)30-21-11-3-2-4-12-21)14-23(29)26(24)34-17-20-10-7-9-19-8-5-6-13-22(19)20/h2-16H,17H2,1H3,(H,30,31,32)/b25-16-. The van der Waals surface area contributed by atoms with Crippen LogP contribution in [0, 0.1) is 0 Å². The van der Waals surface area contributed by atoms with E-state index in [-0.39, 0.29) is 5.91 Å². The van der Waals surface area contributed by atoms with Gasteiger partial charge in [0, 0.05) is 0 Å². The number of thioether (sulfide) groups is 1. The lowest BCUT2D eigenvalue weighted by atomic mass is 10.1. The summed E-state index contributed by atoms with van der Waals surface area (Å²) in [7, 11) is 1.60. The van der Waals surface area contributed by atoms with Crippen LogP contribution >= 0.6 is 27.7 Å². The second kappa shape index (κ2) is 10.4. The normalized spacial score (nSPS) is 15.5. The van der Waals surface area contributed by atoms with Crippen LogP contribution in [0.25, 0.3) is 16.8 Å². The van der Waals surface area contributed by atoms with Crippen molar-refractivity contribution in [1.29, 1.82) is 0 Å². The summed E-state index contributed by atoms with van der Waals surface area (Å²) in [5, 5.41) is 5.69. The number of fused-ring (bicyclic) bond motifs is 1. The van der Waals surface area contributed by atoms with E-state index in [0.29, 0.717) is 28.2 Å². The molecule has 35 heavy (non-hydrogen) atoms. The quantitative estimate of drug-likeness (QED) is 0.263. The van der Waals surface area contributed by atoms with Gasteiger partial charge in [-0.3, -0.25) is 4.79 Å². The molecule has 4 aromatic carbocycles. The number of halogens is 1. The van der Waals surface area contributed by atoms with Crippen LogP contribution in [-0.4, -0.2) is 18.2 Å². The van der Waals surface area contributed by atoms with Crippen molar-refractivity contribution in [3.05, 3.63) is 105 Å². The van der Waals surface area contributed by atoms with Crippen molar-refractivity contribution in [2.75, 3.05) is 7.11 Å². The minimum Gasteiger partial charge on any atom is -0.493 e. The molecule has 0 radical (unpaired) electrons. The molecule has 4 aromatic rings. The van der Waals surface area contributed by atoms with Gasteiger partial charge in [0.1, 0.15) is 6.61 Å². The first-order chi connectivity index (χ1) is 17.1. The lowest BCUT2D eigenvalue weighted by Gasteiger charge is -2.15. The molecule has 1 amide bonds. The third kappa shape index (κ3) is 5.26. The summed E-state index contributed by atoms with van der Waals surface area (Å²) >= 11 is 4.92. The first-order valence-electron chi connectivity index (χ1n) is 10.9. The number of para-hydroxylation sites is 1. The maximum Gasteiger partial charge on any atom is 0.264 e. The van der Waals surface area contributed by atoms with E-state index in [1.807, 2.05) is 66.7 Å². The molecule has 1 fully saturated rings. The summed E-state index contributed by atoms with van der Waals surface area (Å²) in [5.41, 5.74) is 2.69. The number of nitrogens with zero attached hydrogens (tertiary/aromatic N) is 1. The predicted octanol–water partition coefficient (Wildman–Crippen LogP) is 7.08. The average molecular weight is 545 g/mol. The van der Waals surface area contributed by atoms with Gasteiger partial charge in [0.25, 0.3) is 5.91 Å². The highest BCUT2D eigenvalue weighted by molar-refractivity contribution is 9.10. The van der Waals surface area contributed by atoms with E-state index in [9.17, 15) is 4.79 Å². The Labute approximate surface area is 216 Å². The smallest absolute Gasteiger partial charge is 0.264 e. The zero-order valence-corrected chi connectivity index (χ0v) is 21.2. The number of carbonyl (C=O) groups is 1. The molecule has 0 bridgehead atoms. The molecule has 5 nitrogen and oxygen atoms in total. The molecule has 0 spiro atoms. The molecular formula is C28H21BrN2O3S. The fourth-order valence-corrected chi connectivity index (χ4v) is 5.20. The second-order valence-electron chi connectivity index (χ2n) is 7.78. The van der Waals surface area contributed by atoms with Gasteiger partial charge >= 0.3 is 0 Å². The Balaban J connectivity index is 1.37. The number of ether oxygens (including phenoxy) is 2. The molecule has 0 aromatic heterocycles. The van der Waals surface area contributed by atoms with E-state index >= 15 is 0 Å². The van der Waals surface area contributed by atoms with E-state index in [1.54, 1.807) is 7.11 Å². The molecule has 0 atom stereocenters. The van der Waals surface area contributed by atoms with E-state index in [4.69, 9.17) is 9.47 Å². The Kier molecular flexibility index (Phi) is 6.88. The number of nitrogens with one attached hydrogen (secondary N) is 1. The Morgan fingerprint density at radius 2 is 1.77 bits per heavy atom. The van der Waals surface area contributed by atoms with Crippen molar-refractivity contribution in [3.63, 3.8) is 0 Å². The number of carbonyl (C=O) groups excluding carboxylic acids is 1. The van der Waals surface area contributed by atoms with Crippen molar-refractivity contribution in [3.8, 4) is 11.5 Å². The van der Waals surface area contributed by atoms with Crippen LogP contribution in [0.5, 0.6) is 11.5 Å².